The van der Waals surface area contributed by atoms with Crippen LogP contribution in [0.5, 0.6) is 0 Å². The molecule has 2 heterocycles. The van der Waals surface area contributed by atoms with Crippen LogP contribution in [0.2, 0.25) is 0 Å². The van der Waals surface area contributed by atoms with Crippen molar-refractivity contribution in [2.24, 2.45) is 0 Å². The Kier molecular flexibility index (Phi) is 8.63. The van der Waals surface area contributed by atoms with Crippen LogP contribution in [0.4, 0.5) is 0 Å². The average Bonchev–Trinajstić information content (AvgIpc) is 2.64. The monoisotopic (exact) mass is 323 g/mol. The fourth-order valence-corrected chi connectivity index (χ4v) is 2.08. The lowest BCUT2D eigenvalue weighted by atomic mass is 10.0. The first-order valence-corrected chi connectivity index (χ1v) is 8.69. The SMILES string of the molecule is CC.CC(C)c1ccc2cnccc2c1.CC(C)c1cccnn1. The third kappa shape index (κ3) is 6.07. The van der Waals surface area contributed by atoms with Gasteiger partial charge in [0, 0.05) is 24.0 Å². The van der Waals surface area contributed by atoms with E-state index >= 15 is 0 Å². The van der Waals surface area contributed by atoms with Gasteiger partial charge in [0.2, 0.25) is 0 Å². The molecule has 0 bridgehead atoms. The van der Waals surface area contributed by atoms with Crippen LogP contribution in [0.15, 0.2) is 55.0 Å². The minimum Gasteiger partial charge on any atom is -0.264 e. The minimum atomic E-state index is 0.485. The first kappa shape index (κ1) is 19.8. The van der Waals surface area contributed by atoms with Crippen molar-refractivity contribution in [2.75, 3.05) is 0 Å². The van der Waals surface area contributed by atoms with Gasteiger partial charge in [-0.15, -0.1) is 0 Å². The van der Waals surface area contributed by atoms with E-state index in [0.29, 0.717) is 11.8 Å². The van der Waals surface area contributed by atoms with Crippen LogP contribution in [0.1, 0.15) is 64.6 Å². The summed E-state index contributed by atoms with van der Waals surface area (Å²) in [6, 6.07) is 12.5. The van der Waals surface area contributed by atoms with E-state index in [1.54, 1.807) is 6.20 Å². The van der Waals surface area contributed by atoms with Gasteiger partial charge in [-0.2, -0.15) is 10.2 Å². The predicted molar refractivity (Wildman–Crippen MR) is 103 cm³/mol. The minimum absolute atomic E-state index is 0.485. The maximum absolute atomic E-state index is 4.09. The third-order valence-corrected chi connectivity index (χ3v) is 3.52. The molecule has 0 radical (unpaired) electrons. The number of hydrogen-bond donors (Lipinski definition) is 0. The lowest BCUT2D eigenvalue weighted by Crippen LogP contribution is -1.92. The Labute approximate surface area is 146 Å². The molecule has 0 spiro atoms. The van der Waals surface area contributed by atoms with Gasteiger partial charge in [0.15, 0.2) is 0 Å². The third-order valence-electron chi connectivity index (χ3n) is 3.52. The summed E-state index contributed by atoms with van der Waals surface area (Å²) >= 11 is 0. The number of fused-ring (bicyclic) bond motifs is 1. The van der Waals surface area contributed by atoms with E-state index in [2.05, 4.69) is 67.1 Å². The van der Waals surface area contributed by atoms with E-state index in [4.69, 9.17) is 0 Å². The lowest BCUT2D eigenvalue weighted by Gasteiger charge is -2.05. The molecular weight excluding hydrogens is 294 g/mol. The molecule has 0 aliphatic heterocycles. The predicted octanol–water partition coefficient (Wildman–Crippen LogP) is 5.98. The van der Waals surface area contributed by atoms with Gasteiger partial charge in [-0.25, -0.2) is 0 Å². The maximum atomic E-state index is 4.09. The Bertz CT molecular complexity index is 706. The molecule has 3 aromatic rings. The zero-order valence-corrected chi connectivity index (χ0v) is 15.7. The Hall–Kier alpha value is -2.29. The van der Waals surface area contributed by atoms with E-state index in [1.165, 1.54) is 16.3 Å². The number of pyridine rings is 1. The molecule has 0 fully saturated rings. The fourth-order valence-electron chi connectivity index (χ4n) is 2.08. The van der Waals surface area contributed by atoms with Crippen LogP contribution in [-0.2, 0) is 0 Å². The molecule has 2 aromatic heterocycles. The smallest absolute Gasteiger partial charge is 0.0656 e. The van der Waals surface area contributed by atoms with E-state index < -0.39 is 0 Å². The molecule has 0 saturated carbocycles. The standard InChI is InChI=1S/C12H13N.C7H10N2.C2H6/c1-9(2)10-3-4-12-8-13-6-5-11(12)7-10;1-6(2)7-4-3-5-8-9-7;1-2/h3-9H,1-2H3;3-6H,1-2H3;1-2H3. The Morgan fingerprint density at radius 3 is 2.08 bits per heavy atom. The second-order valence-corrected chi connectivity index (χ2v) is 5.94. The number of rotatable bonds is 2. The molecule has 24 heavy (non-hydrogen) atoms. The highest BCUT2D eigenvalue weighted by Gasteiger charge is 1.99. The van der Waals surface area contributed by atoms with E-state index in [-0.39, 0.29) is 0 Å². The molecule has 0 amide bonds. The highest BCUT2D eigenvalue weighted by molar-refractivity contribution is 5.82. The van der Waals surface area contributed by atoms with Crippen LogP contribution >= 0.6 is 0 Å². The summed E-state index contributed by atoms with van der Waals surface area (Å²) in [7, 11) is 0. The number of benzene rings is 1. The summed E-state index contributed by atoms with van der Waals surface area (Å²) in [6.45, 7) is 12.6. The topological polar surface area (TPSA) is 38.7 Å². The van der Waals surface area contributed by atoms with E-state index in [1.807, 2.05) is 38.4 Å². The summed E-state index contributed by atoms with van der Waals surface area (Å²) in [5, 5.41) is 10.2. The molecule has 0 saturated heterocycles. The largest absolute Gasteiger partial charge is 0.264 e. The molecule has 0 N–H and O–H groups in total. The van der Waals surface area contributed by atoms with Crippen LogP contribution in [-0.4, -0.2) is 15.2 Å². The Balaban J connectivity index is 0.000000230. The fraction of sp³-hybridized carbons (Fsp3) is 0.381. The summed E-state index contributed by atoms with van der Waals surface area (Å²) < 4.78 is 0. The van der Waals surface area contributed by atoms with Crippen molar-refractivity contribution in [3.8, 4) is 0 Å². The van der Waals surface area contributed by atoms with Crippen LogP contribution < -0.4 is 0 Å². The van der Waals surface area contributed by atoms with E-state index in [0.717, 1.165) is 5.69 Å². The molecule has 0 atom stereocenters. The van der Waals surface area contributed by atoms with Crippen molar-refractivity contribution < 1.29 is 0 Å². The molecule has 3 rings (SSSR count). The number of aromatic nitrogens is 3. The van der Waals surface area contributed by atoms with Gasteiger partial charge in [-0.3, -0.25) is 4.98 Å². The van der Waals surface area contributed by atoms with Gasteiger partial charge < -0.3 is 0 Å². The second-order valence-electron chi connectivity index (χ2n) is 5.94. The molecular formula is C21H29N3. The number of hydrogen-bond acceptors (Lipinski definition) is 3. The van der Waals surface area contributed by atoms with Gasteiger partial charge >= 0.3 is 0 Å². The highest BCUT2D eigenvalue weighted by Crippen LogP contribution is 2.20. The van der Waals surface area contributed by atoms with Crippen LogP contribution in [0.25, 0.3) is 10.8 Å². The van der Waals surface area contributed by atoms with Crippen LogP contribution in [0, 0.1) is 0 Å². The second kappa shape index (κ2) is 10.5. The summed E-state index contributed by atoms with van der Waals surface area (Å²) in [5.74, 6) is 1.08. The van der Waals surface area contributed by atoms with Crippen molar-refractivity contribution in [3.05, 3.63) is 66.2 Å². The molecule has 0 aliphatic carbocycles. The summed E-state index contributed by atoms with van der Waals surface area (Å²) in [4.78, 5) is 4.09. The lowest BCUT2D eigenvalue weighted by molar-refractivity contribution is 0.785. The van der Waals surface area contributed by atoms with Gasteiger partial charge in [0.05, 0.1) is 5.69 Å². The van der Waals surface area contributed by atoms with Gasteiger partial charge in [0.25, 0.3) is 0 Å². The van der Waals surface area contributed by atoms with Gasteiger partial charge in [0.1, 0.15) is 0 Å². The molecule has 128 valence electrons. The van der Waals surface area contributed by atoms with Crippen molar-refractivity contribution in [1.29, 1.82) is 0 Å². The molecule has 0 aliphatic rings. The molecule has 3 nitrogen and oxygen atoms in total. The molecule has 3 heteroatoms. The number of nitrogens with zero attached hydrogens (tertiary/aromatic N) is 3. The molecule has 1 aromatic carbocycles. The zero-order chi connectivity index (χ0) is 17.9. The average molecular weight is 323 g/mol. The quantitative estimate of drug-likeness (QED) is 0.582. The maximum Gasteiger partial charge on any atom is 0.0656 e. The zero-order valence-electron chi connectivity index (χ0n) is 15.7. The first-order valence-electron chi connectivity index (χ1n) is 8.69. The molecule has 0 unspecified atom stereocenters. The summed E-state index contributed by atoms with van der Waals surface area (Å²) in [6.07, 6.45) is 5.43. The normalized spacial score (nSPS) is 10.0. The van der Waals surface area contributed by atoms with Gasteiger partial charge in [-0.1, -0.05) is 59.7 Å². The van der Waals surface area contributed by atoms with Crippen molar-refractivity contribution >= 4 is 10.8 Å². The Morgan fingerprint density at radius 2 is 1.54 bits per heavy atom. The van der Waals surface area contributed by atoms with Crippen LogP contribution in [0.3, 0.4) is 0 Å². The highest BCUT2D eigenvalue weighted by atomic mass is 15.1. The van der Waals surface area contributed by atoms with Crippen molar-refractivity contribution in [1.82, 2.24) is 15.2 Å². The first-order chi connectivity index (χ1) is 11.6. The van der Waals surface area contributed by atoms with Gasteiger partial charge in [-0.05, 0) is 41.0 Å². The van der Waals surface area contributed by atoms with E-state index in [9.17, 15) is 0 Å². The Morgan fingerprint density at radius 1 is 0.792 bits per heavy atom. The van der Waals surface area contributed by atoms with Crippen molar-refractivity contribution in [3.63, 3.8) is 0 Å². The summed E-state index contributed by atoms with van der Waals surface area (Å²) in [5.41, 5.74) is 2.44. The van der Waals surface area contributed by atoms with Crippen molar-refractivity contribution in [2.45, 2.75) is 53.4 Å².